The van der Waals surface area contributed by atoms with Crippen LogP contribution in [0.1, 0.15) is 12.7 Å². The lowest BCUT2D eigenvalue weighted by atomic mass is 10.1. The average molecular weight is 249 g/mol. The van der Waals surface area contributed by atoms with Gasteiger partial charge < -0.3 is 5.32 Å². The molecule has 5 heteroatoms. The van der Waals surface area contributed by atoms with E-state index >= 15 is 0 Å². The van der Waals surface area contributed by atoms with Crippen LogP contribution in [0.3, 0.4) is 0 Å². The van der Waals surface area contributed by atoms with E-state index in [-0.39, 0.29) is 5.56 Å². The molecule has 0 aliphatic carbocycles. The number of nitrogens with one attached hydrogen (secondary N) is 1. The van der Waals surface area contributed by atoms with Crippen molar-refractivity contribution in [2.75, 3.05) is 11.9 Å². The van der Waals surface area contributed by atoms with Crippen LogP contribution in [0.2, 0.25) is 0 Å². The number of halogens is 2. The number of aryl methyl sites for hydroxylation is 1. The Bertz CT molecular complexity index is 570. The zero-order chi connectivity index (χ0) is 13.1. The third kappa shape index (κ3) is 2.61. The topological polar surface area (TPSA) is 37.8 Å². The second-order valence-corrected chi connectivity index (χ2v) is 3.84. The normalized spacial score (nSPS) is 10.4. The smallest absolute Gasteiger partial charge is 0.132 e. The molecule has 0 fully saturated rings. The first-order valence-electron chi connectivity index (χ1n) is 5.65. The van der Waals surface area contributed by atoms with Gasteiger partial charge in [0, 0.05) is 18.2 Å². The van der Waals surface area contributed by atoms with Crippen molar-refractivity contribution in [2.24, 2.45) is 0 Å². The average Bonchev–Trinajstić information content (AvgIpc) is 2.32. The standard InChI is InChI=1S/C13H13F2N3/c1-3-16-13-7-12(17-8(2)18-13)10-6-9(14)4-5-11(10)15/h4-7H,3H2,1-2H3,(H,16,17,18). The molecule has 2 aromatic rings. The maximum atomic E-state index is 13.7. The van der Waals surface area contributed by atoms with E-state index in [0.717, 1.165) is 18.2 Å². The number of hydrogen-bond acceptors (Lipinski definition) is 3. The van der Waals surface area contributed by atoms with Gasteiger partial charge in [0.1, 0.15) is 23.3 Å². The summed E-state index contributed by atoms with van der Waals surface area (Å²) in [7, 11) is 0. The quantitative estimate of drug-likeness (QED) is 0.908. The summed E-state index contributed by atoms with van der Waals surface area (Å²) in [5.74, 6) is 0.111. The molecule has 0 aliphatic heterocycles. The molecule has 0 atom stereocenters. The second-order valence-electron chi connectivity index (χ2n) is 3.84. The van der Waals surface area contributed by atoms with Crippen LogP contribution in [-0.2, 0) is 0 Å². The van der Waals surface area contributed by atoms with E-state index in [2.05, 4.69) is 15.3 Å². The predicted molar refractivity (Wildman–Crippen MR) is 66.3 cm³/mol. The number of benzene rings is 1. The summed E-state index contributed by atoms with van der Waals surface area (Å²) >= 11 is 0. The van der Waals surface area contributed by atoms with E-state index < -0.39 is 11.6 Å². The summed E-state index contributed by atoms with van der Waals surface area (Å²) in [4.78, 5) is 8.29. The first-order valence-corrected chi connectivity index (χ1v) is 5.65. The molecule has 1 N–H and O–H groups in total. The zero-order valence-electron chi connectivity index (χ0n) is 10.2. The molecule has 2 rings (SSSR count). The molecular formula is C13H13F2N3. The van der Waals surface area contributed by atoms with Crippen LogP contribution in [0.25, 0.3) is 11.3 Å². The Balaban J connectivity index is 2.52. The third-order valence-corrected chi connectivity index (χ3v) is 2.40. The molecule has 18 heavy (non-hydrogen) atoms. The summed E-state index contributed by atoms with van der Waals surface area (Å²) < 4.78 is 26.8. The summed E-state index contributed by atoms with van der Waals surface area (Å²) in [6.07, 6.45) is 0. The summed E-state index contributed by atoms with van der Waals surface area (Å²) in [6, 6.07) is 4.91. The van der Waals surface area contributed by atoms with Gasteiger partial charge in [0.15, 0.2) is 0 Å². The van der Waals surface area contributed by atoms with Crippen molar-refractivity contribution in [3.05, 3.63) is 41.7 Å². The van der Waals surface area contributed by atoms with Crippen molar-refractivity contribution in [1.29, 1.82) is 0 Å². The van der Waals surface area contributed by atoms with Gasteiger partial charge in [-0.15, -0.1) is 0 Å². The van der Waals surface area contributed by atoms with Crippen molar-refractivity contribution in [1.82, 2.24) is 9.97 Å². The Morgan fingerprint density at radius 2 is 1.94 bits per heavy atom. The van der Waals surface area contributed by atoms with Crippen molar-refractivity contribution >= 4 is 5.82 Å². The van der Waals surface area contributed by atoms with Crippen molar-refractivity contribution in [2.45, 2.75) is 13.8 Å². The maximum Gasteiger partial charge on any atom is 0.132 e. The molecule has 1 aromatic heterocycles. The monoisotopic (exact) mass is 249 g/mol. The fourth-order valence-corrected chi connectivity index (χ4v) is 1.67. The van der Waals surface area contributed by atoms with Gasteiger partial charge in [-0.3, -0.25) is 0 Å². The van der Waals surface area contributed by atoms with Gasteiger partial charge in [0.2, 0.25) is 0 Å². The first-order chi connectivity index (χ1) is 8.60. The van der Waals surface area contributed by atoms with Crippen LogP contribution in [0.15, 0.2) is 24.3 Å². The SMILES string of the molecule is CCNc1cc(-c2cc(F)ccc2F)nc(C)n1. The van der Waals surface area contributed by atoms with Crippen LogP contribution >= 0.6 is 0 Å². The van der Waals surface area contributed by atoms with Crippen LogP contribution in [0, 0.1) is 18.6 Å². The van der Waals surface area contributed by atoms with Crippen LogP contribution in [-0.4, -0.2) is 16.5 Å². The van der Waals surface area contributed by atoms with E-state index in [1.54, 1.807) is 13.0 Å². The van der Waals surface area contributed by atoms with Crippen LogP contribution in [0.5, 0.6) is 0 Å². The van der Waals surface area contributed by atoms with Gasteiger partial charge in [0.25, 0.3) is 0 Å². The number of nitrogens with zero attached hydrogens (tertiary/aromatic N) is 2. The molecule has 0 aliphatic rings. The highest BCUT2D eigenvalue weighted by Crippen LogP contribution is 2.23. The molecule has 0 saturated carbocycles. The number of aromatic nitrogens is 2. The molecule has 1 heterocycles. The van der Waals surface area contributed by atoms with Crippen LogP contribution < -0.4 is 5.32 Å². The Morgan fingerprint density at radius 3 is 2.67 bits per heavy atom. The summed E-state index contributed by atoms with van der Waals surface area (Å²) in [6.45, 7) is 4.34. The largest absolute Gasteiger partial charge is 0.370 e. The van der Waals surface area contributed by atoms with Gasteiger partial charge in [0.05, 0.1) is 5.69 Å². The van der Waals surface area contributed by atoms with Crippen molar-refractivity contribution in [3.8, 4) is 11.3 Å². The molecule has 0 unspecified atom stereocenters. The lowest BCUT2D eigenvalue weighted by molar-refractivity contribution is 0.602. The predicted octanol–water partition coefficient (Wildman–Crippen LogP) is 3.16. The molecule has 0 spiro atoms. The van der Waals surface area contributed by atoms with Gasteiger partial charge in [-0.25, -0.2) is 18.7 Å². The minimum Gasteiger partial charge on any atom is -0.370 e. The van der Waals surface area contributed by atoms with E-state index in [4.69, 9.17) is 0 Å². The molecule has 94 valence electrons. The Kier molecular flexibility index (Phi) is 3.50. The number of rotatable bonds is 3. The molecule has 0 saturated heterocycles. The third-order valence-electron chi connectivity index (χ3n) is 2.40. The molecule has 0 bridgehead atoms. The minimum atomic E-state index is -0.503. The number of anilines is 1. The van der Waals surface area contributed by atoms with Crippen molar-refractivity contribution in [3.63, 3.8) is 0 Å². The maximum absolute atomic E-state index is 13.7. The molecule has 0 radical (unpaired) electrons. The Morgan fingerprint density at radius 1 is 1.17 bits per heavy atom. The van der Waals surface area contributed by atoms with Crippen molar-refractivity contribution < 1.29 is 8.78 Å². The Labute approximate surface area is 104 Å². The highest BCUT2D eigenvalue weighted by atomic mass is 19.1. The summed E-state index contributed by atoms with van der Waals surface area (Å²) in [5.41, 5.74) is 0.509. The van der Waals surface area contributed by atoms with Gasteiger partial charge in [-0.1, -0.05) is 0 Å². The lowest BCUT2D eigenvalue weighted by Crippen LogP contribution is -2.03. The number of hydrogen-bond donors (Lipinski definition) is 1. The molecule has 3 nitrogen and oxygen atoms in total. The van der Waals surface area contributed by atoms with E-state index in [9.17, 15) is 8.78 Å². The zero-order valence-corrected chi connectivity index (χ0v) is 10.2. The molecule has 1 aromatic carbocycles. The summed E-state index contributed by atoms with van der Waals surface area (Å²) in [5, 5.41) is 3.03. The van der Waals surface area contributed by atoms with Crippen LogP contribution in [0.4, 0.5) is 14.6 Å². The molecule has 0 amide bonds. The molecular weight excluding hydrogens is 236 g/mol. The Hall–Kier alpha value is -2.04. The fraction of sp³-hybridized carbons (Fsp3) is 0.231. The fourth-order valence-electron chi connectivity index (χ4n) is 1.67. The minimum absolute atomic E-state index is 0.139. The highest BCUT2D eigenvalue weighted by molar-refractivity contribution is 5.63. The van der Waals surface area contributed by atoms with E-state index in [1.807, 2.05) is 6.92 Å². The van der Waals surface area contributed by atoms with E-state index in [1.165, 1.54) is 0 Å². The van der Waals surface area contributed by atoms with E-state index in [0.29, 0.717) is 23.9 Å². The van der Waals surface area contributed by atoms with Gasteiger partial charge in [-0.05, 0) is 32.0 Å². The first kappa shape index (κ1) is 12.4. The second kappa shape index (κ2) is 5.08. The highest BCUT2D eigenvalue weighted by Gasteiger charge is 2.10. The lowest BCUT2D eigenvalue weighted by Gasteiger charge is -2.08. The van der Waals surface area contributed by atoms with Gasteiger partial charge in [-0.2, -0.15) is 0 Å². The van der Waals surface area contributed by atoms with Gasteiger partial charge >= 0.3 is 0 Å².